The summed E-state index contributed by atoms with van der Waals surface area (Å²) in [5.41, 5.74) is 2.69. The van der Waals surface area contributed by atoms with E-state index in [9.17, 15) is 9.18 Å². The predicted octanol–water partition coefficient (Wildman–Crippen LogP) is 1.53. The molecule has 0 saturated carbocycles. The summed E-state index contributed by atoms with van der Waals surface area (Å²) in [6, 6.07) is 6.47. The maximum absolute atomic E-state index is 13.5. The summed E-state index contributed by atoms with van der Waals surface area (Å²) < 4.78 is 13.5. The lowest BCUT2D eigenvalue weighted by molar-refractivity contribution is -0.122. The molecular formula is C16H19FN4O. The van der Waals surface area contributed by atoms with Crippen LogP contribution < -0.4 is 5.32 Å². The van der Waals surface area contributed by atoms with Crippen LogP contribution in [-0.2, 0) is 24.3 Å². The van der Waals surface area contributed by atoms with Crippen molar-refractivity contribution in [2.24, 2.45) is 0 Å². The molecule has 5 nitrogen and oxygen atoms in total. The fourth-order valence-corrected chi connectivity index (χ4v) is 2.72. The van der Waals surface area contributed by atoms with E-state index in [0.717, 1.165) is 30.2 Å². The second-order valence-electron chi connectivity index (χ2n) is 5.58. The van der Waals surface area contributed by atoms with Crippen molar-refractivity contribution >= 4 is 5.91 Å². The summed E-state index contributed by atoms with van der Waals surface area (Å²) in [4.78, 5) is 21.7. The first kappa shape index (κ1) is 14.7. The number of amides is 1. The summed E-state index contributed by atoms with van der Waals surface area (Å²) in [5, 5.41) is 2.77. The Bertz CT molecular complexity index is 683. The Labute approximate surface area is 128 Å². The molecule has 0 spiro atoms. The Morgan fingerprint density at radius 2 is 2.27 bits per heavy atom. The quantitative estimate of drug-likeness (QED) is 0.900. The number of hydrogen-bond acceptors (Lipinski definition) is 3. The molecule has 6 heteroatoms. The van der Waals surface area contributed by atoms with Crippen molar-refractivity contribution in [2.45, 2.75) is 26.4 Å². The minimum atomic E-state index is -0.293. The lowest BCUT2D eigenvalue weighted by atomic mass is 10.1. The van der Waals surface area contributed by atoms with Gasteiger partial charge in [0.05, 0.1) is 17.9 Å². The van der Waals surface area contributed by atoms with Crippen LogP contribution in [0.25, 0.3) is 0 Å². The maximum atomic E-state index is 13.5. The first-order valence-corrected chi connectivity index (χ1v) is 7.38. The molecule has 3 rings (SSSR count). The van der Waals surface area contributed by atoms with Gasteiger partial charge in [-0.1, -0.05) is 18.2 Å². The number of aromatic amines is 1. The summed E-state index contributed by atoms with van der Waals surface area (Å²) >= 11 is 0. The van der Waals surface area contributed by atoms with Gasteiger partial charge in [0.2, 0.25) is 5.91 Å². The van der Waals surface area contributed by atoms with E-state index >= 15 is 0 Å². The SMILES string of the molecule is Cc1nc2c([nH]1)CN(CC(=O)NCc1ccccc1F)CC2. The molecule has 0 atom stereocenters. The molecule has 0 fully saturated rings. The monoisotopic (exact) mass is 302 g/mol. The number of imidazole rings is 1. The molecule has 2 aromatic rings. The van der Waals surface area contributed by atoms with Crippen LogP contribution in [0, 0.1) is 12.7 Å². The topological polar surface area (TPSA) is 61.0 Å². The number of aromatic nitrogens is 2. The highest BCUT2D eigenvalue weighted by Gasteiger charge is 2.21. The molecule has 0 radical (unpaired) electrons. The highest BCUT2D eigenvalue weighted by Crippen LogP contribution is 2.16. The van der Waals surface area contributed by atoms with Crippen molar-refractivity contribution in [1.82, 2.24) is 20.2 Å². The molecule has 1 amide bonds. The molecule has 0 saturated heterocycles. The zero-order valence-corrected chi connectivity index (χ0v) is 12.5. The normalized spacial score (nSPS) is 14.6. The Morgan fingerprint density at radius 3 is 3.09 bits per heavy atom. The minimum absolute atomic E-state index is 0.0945. The van der Waals surface area contributed by atoms with Crippen molar-refractivity contribution < 1.29 is 9.18 Å². The summed E-state index contributed by atoms with van der Waals surface area (Å²) in [6.45, 7) is 3.97. The van der Waals surface area contributed by atoms with Crippen LogP contribution in [0.2, 0.25) is 0 Å². The van der Waals surface area contributed by atoms with Gasteiger partial charge in [-0.05, 0) is 13.0 Å². The standard InChI is InChI=1S/C16H19FN4O/c1-11-19-14-6-7-21(9-15(14)20-11)10-16(22)18-8-12-4-2-3-5-13(12)17/h2-5H,6-10H2,1H3,(H,18,22)(H,19,20). The number of nitrogens with zero attached hydrogens (tertiary/aromatic N) is 2. The van der Waals surface area contributed by atoms with Crippen molar-refractivity contribution in [3.05, 3.63) is 52.9 Å². The molecule has 22 heavy (non-hydrogen) atoms. The van der Waals surface area contributed by atoms with Crippen LogP contribution in [0.15, 0.2) is 24.3 Å². The van der Waals surface area contributed by atoms with E-state index in [1.165, 1.54) is 6.07 Å². The van der Waals surface area contributed by atoms with Crippen LogP contribution >= 0.6 is 0 Å². The van der Waals surface area contributed by atoms with Crippen molar-refractivity contribution in [2.75, 3.05) is 13.1 Å². The van der Waals surface area contributed by atoms with Gasteiger partial charge in [0.1, 0.15) is 11.6 Å². The number of H-pyrrole nitrogens is 1. The average Bonchev–Trinajstić information content (AvgIpc) is 2.86. The van der Waals surface area contributed by atoms with Crippen molar-refractivity contribution in [3.63, 3.8) is 0 Å². The summed E-state index contributed by atoms with van der Waals surface area (Å²) in [6.07, 6.45) is 0.847. The number of carbonyl (C=O) groups is 1. The third-order valence-electron chi connectivity index (χ3n) is 3.83. The molecule has 1 aliphatic heterocycles. The van der Waals surface area contributed by atoms with Crippen LogP contribution in [0.1, 0.15) is 22.8 Å². The largest absolute Gasteiger partial charge is 0.351 e. The number of nitrogens with one attached hydrogen (secondary N) is 2. The third kappa shape index (κ3) is 3.33. The second kappa shape index (κ2) is 6.27. The Kier molecular flexibility index (Phi) is 4.20. The van der Waals surface area contributed by atoms with E-state index < -0.39 is 0 Å². The van der Waals surface area contributed by atoms with Gasteiger partial charge >= 0.3 is 0 Å². The zero-order chi connectivity index (χ0) is 15.5. The van der Waals surface area contributed by atoms with Gasteiger partial charge in [-0.2, -0.15) is 0 Å². The van der Waals surface area contributed by atoms with Crippen LogP contribution in [0.4, 0.5) is 4.39 Å². The Morgan fingerprint density at radius 1 is 1.45 bits per heavy atom. The van der Waals surface area contributed by atoms with Crippen LogP contribution in [0.5, 0.6) is 0 Å². The van der Waals surface area contributed by atoms with Crippen LogP contribution in [0.3, 0.4) is 0 Å². The molecular weight excluding hydrogens is 283 g/mol. The number of rotatable bonds is 4. The second-order valence-corrected chi connectivity index (χ2v) is 5.58. The Balaban J connectivity index is 1.51. The van der Waals surface area contributed by atoms with E-state index in [-0.39, 0.29) is 18.3 Å². The van der Waals surface area contributed by atoms with E-state index in [1.807, 2.05) is 6.92 Å². The van der Waals surface area contributed by atoms with E-state index in [0.29, 0.717) is 18.7 Å². The third-order valence-corrected chi connectivity index (χ3v) is 3.83. The highest BCUT2D eigenvalue weighted by molar-refractivity contribution is 5.78. The fraction of sp³-hybridized carbons (Fsp3) is 0.375. The average molecular weight is 302 g/mol. The molecule has 0 aliphatic carbocycles. The van der Waals surface area contributed by atoms with Crippen molar-refractivity contribution in [1.29, 1.82) is 0 Å². The van der Waals surface area contributed by atoms with E-state index in [2.05, 4.69) is 20.2 Å². The number of benzene rings is 1. The lowest BCUT2D eigenvalue weighted by Gasteiger charge is -2.25. The summed E-state index contributed by atoms with van der Waals surface area (Å²) in [5.74, 6) is 0.525. The molecule has 1 aliphatic rings. The number of halogens is 1. The molecule has 2 heterocycles. The van der Waals surface area contributed by atoms with E-state index in [1.54, 1.807) is 18.2 Å². The van der Waals surface area contributed by atoms with Crippen molar-refractivity contribution in [3.8, 4) is 0 Å². The van der Waals surface area contributed by atoms with E-state index in [4.69, 9.17) is 0 Å². The summed E-state index contributed by atoms with van der Waals surface area (Å²) in [7, 11) is 0. The number of aryl methyl sites for hydroxylation is 1. The van der Waals surface area contributed by atoms with Gasteiger partial charge in [0.15, 0.2) is 0 Å². The molecule has 116 valence electrons. The molecule has 1 aromatic heterocycles. The number of hydrogen-bond donors (Lipinski definition) is 2. The van der Waals surface area contributed by atoms with Gasteiger partial charge in [0, 0.05) is 31.6 Å². The molecule has 1 aromatic carbocycles. The molecule has 0 unspecified atom stereocenters. The Hall–Kier alpha value is -2.21. The van der Waals surface area contributed by atoms with Crippen LogP contribution in [-0.4, -0.2) is 33.9 Å². The highest BCUT2D eigenvalue weighted by atomic mass is 19.1. The lowest BCUT2D eigenvalue weighted by Crippen LogP contribution is -2.39. The molecule has 0 bridgehead atoms. The fourth-order valence-electron chi connectivity index (χ4n) is 2.72. The maximum Gasteiger partial charge on any atom is 0.234 e. The molecule has 2 N–H and O–H groups in total. The number of fused-ring (bicyclic) bond motifs is 1. The van der Waals surface area contributed by atoms with Gasteiger partial charge in [-0.25, -0.2) is 9.37 Å². The zero-order valence-electron chi connectivity index (χ0n) is 12.5. The first-order valence-electron chi connectivity index (χ1n) is 7.38. The smallest absolute Gasteiger partial charge is 0.234 e. The van der Waals surface area contributed by atoms with Gasteiger partial charge in [0.25, 0.3) is 0 Å². The first-order chi connectivity index (χ1) is 10.6. The predicted molar refractivity (Wildman–Crippen MR) is 80.6 cm³/mol. The van der Waals surface area contributed by atoms with Gasteiger partial charge in [-0.3, -0.25) is 9.69 Å². The van der Waals surface area contributed by atoms with Gasteiger partial charge < -0.3 is 10.3 Å². The minimum Gasteiger partial charge on any atom is -0.351 e. The number of carbonyl (C=O) groups excluding carboxylic acids is 1. The van der Waals surface area contributed by atoms with Gasteiger partial charge in [-0.15, -0.1) is 0 Å².